The average molecular weight is 646 g/mol. The minimum Gasteiger partial charge on any atom is -1.00 e. The molecule has 0 saturated carbocycles. The Balaban J connectivity index is 0.00000267. The van der Waals surface area contributed by atoms with Crippen LogP contribution in [0.2, 0.25) is 0 Å². The molecule has 0 aromatic heterocycles. The van der Waals surface area contributed by atoms with Crippen LogP contribution in [0.1, 0.15) is 96.3 Å². The topological polar surface area (TPSA) is 0 Å². The Labute approximate surface area is 275 Å². The van der Waals surface area contributed by atoms with Gasteiger partial charge in [0.15, 0.2) is 0 Å². The van der Waals surface area contributed by atoms with Gasteiger partial charge in [-0.05, 0) is 0 Å². The summed E-state index contributed by atoms with van der Waals surface area (Å²) in [5.41, 5.74) is 5.85. The van der Waals surface area contributed by atoms with Crippen molar-refractivity contribution in [1.29, 1.82) is 0 Å². The van der Waals surface area contributed by atoms with Gasteiger partial charge in [-0.1, -0.05) is 0 Å². The molecule has 0 radical (unpaired) electrons. The van der Waals surface area contributed by atoms with Gasteiger partial charge in [0.25, 0.3) is 0 Å². The van der Waals surface area contributed by atoms with Gasteiger partial charge in [-0.15, -0.1) is 0 Å². The van der Waals surface area contributed by atoms with E-state index in [1.165, 1.54) is 32.3 Å². The van der Waals surface area contributed by atoms with Crippen LogP contribution in [0, 0.1) is 5.92 Å². The number of halogens is 3. The molecule has 0 atom stereocenters. The number of hydrogen-bond donors (Lipinski definition) is 0. The van der Waals surface area contributed by atoms with E-state index in [2.05, 4.69) is 155 Å². The first-order chi connectivity index (χ1) is 17.6. The zero-order valence-corrected chi connectivity index (χ0v) is 30.0. The van der Waals surface area contributed by atoms with E-state index in [-0.39, 0.29) is 37.2 Å². The molecular formula is C35H43Cl3SiTi. The third-order valence-electron chi connectivity index (χ3n) is 8.07. The molecule has 0 spiro atoms. The second-order valence-corrected chi connectivity index (χ2v) is 16.6. The van der Waals surface area contributed by atoms with Crippen LogP contribution >= 0.6 is 0 Å². The predicted octanol–water partition coefficient (Wildman–Crippen LogP) is -1.13. The Hall–Kier alpha value is -1.06. The van der Waals surface area contributed by atoms with Crippen LogP contribution < -0.4 is 52.8 Å². The summed E-state index contributed by atoms with van der Waals surface area (Å²) in [6.07, 6.45) is 3.59. The maximum atomic E-state index is 2.55. The van der Waals surface area contributed by atoms with Crippen LogP contribution in [0.25, 0.3) is 0 Å². The molecule has 0 bridgehead atoms. The van der Waals surface area contributed by atoms with Crippen LogP contribution in [0.4, 0.5) is 0 Å². The van der Waals surface area contributed by atoms with E-state index in [1.54, 1.807) is 14.6 Å². The molecule has 0 N–H and O–H groups in total. The maximum Gasteiger partial charge on any atom is -1.00 e. The fraction of sp³-hybridized carbons (Fsp3) is 0.371. The van der Waals surface area contributed by atoms with Crippen molar-refractivity contribution in [2.45, 2.75) is 79.6 Å². The summed E-state index contributed by atoms with van der Waals surface area (Å²) in [5.74, 6) is 1.98. The molecule has 0 nitrogen and oxygen atoms in total. The summed E-state index contributed by atoms with van der Waals surface area (Å²) in [6.45, 7) is 18.7. The van der Waals surface area contributed by atoms with E-state index < -0.39 is 8.07 Å². The SMILES string of the molecule is CC(C)C1=CC[C]([Ti+3])=C1[Si](c1cccc(C(C)C)c1)(c1cccc(C(C)C)c1)c1cccc(C(C)C)c1.[Cl-].[Cl-].[Cl-]. The summed E-state index contributed by atoms with van der Waals surface area (Å²) in [4.78, 5) is 0. The standard InChI is InChI=1S/C35H43Si.3ClH.Ti/c1-24(2)28-13-9-16-31(21-28)36(35-20-12-19-34(35)27(7)8,32-17-10-14-29(22-32)25(3)4)33-18-11-15-30(23-33)26(5)6;;;;/h9-11,13-19,21-27H,12H2,1-8H3;3*1H;/q;;;;+3/p-3. The Bertz CT molecular complexity index is 1210. The van der Waals surface area contributed by atoms with Gasteiger partial charge >= 0.3 is 240 Å². The smallest absolute Gasteiger partial charge is 1.00 e. The summed E-state index contributed by atoms with van der Waals surface area (Å²) in [7, 11) is -2.60. The van der Waals surface area contributed by atoms with Gasteiger partial charge in [0.2, 0.25) is 0 Å². The van der Waals surface area contributed by atoms with E-state index in [4.69, 9.17) is 0 Å². The number of hydrogen-bond acceptors (Lipinski definition) is 0. The molecular weight excluding hydrogens is 603 g/mol. The predicted molar refractivity (Wildman–Crippen MR) is 161 cm³/mol. The normalized spacial score (nSPS) is 13.4. The van der Waals surface area contributed by atoms with Crippen LogP contribution in [-0.4, -0.2) is 8.07 Å². The molecule has 4 rings (SSSR count). The van der Waals surface area contributed by atoms with Crippen LogP contribution in [0.3, 0.4) is 0 Å². The zero-order chi connectivity index (χ0) is 26.9. The van der Waals surface area contributed by atoms with E-state index in [0.29, 0.717) is 23.7 Å². The Morgan fingerprint density at radius 2 is 0.900 bits per heavy atom. The minimum absolute atomic E-state index is 0. The molecule has 0 unspecified atom stereocenters. The molecule has 0 aliphatic heterocycles. The first kappa shape index (κ1) is 37.0. The molecule has 3 aromatic rings. The quantitative estimate of drug-likeness (QED) is 0.215. The van der Waals surface area contributed by atoms with Gasteiger partial charge in [-0.2, -0.15) is 0 Å². The maximum absolute atomic E-state index is 2.60. The Kier molecular flexibility index (Phi) is 14.3. The first-order valence-corrected chi connectivity index (χ1v) is 16.8. The van der Waals surface area contributed by atoms with Crippen LogP contribution in [-0.2, 0) is 20.4 Å². The van der Waals surface area contributed by atoms with Crippen LogP contribution in [0.5, 0.6) is 0 Å². The van der Waals surface area contributed by atoms with Crippen LogP contribution in [0.15, 0.2) is 93.5 Å². The molecule has 1 aliphatic rings. The number of benzene rings is 3. The Morgan fingerprint density at radius 1 is 0.550 bits per heavy atom. The van der Waals surface area contributed by atoms with Gasteiger partial charge < -0.3 is 37.2 Å². The number of allylic oxidation sites excluding steroid dienone is 4. The van der Waals surface area contributed by atoms with E-state index in [0.717, 1.165) is 6.42 Å². The molecule has 0 fully saturated rings. The zero-order valence-electron chi connectivity index (χ0n) is 25.2. The molecule has 1 aliphatic carbocycles. The van der Waals surface area contributed by atoms with E-state index >= 15 is 0 Å². The van der Waals surface area contributed by atoms with Crippen molar-refractivity contribution in [3.8, 4) is 0 Å². The largest absolute Gasteiger partial charge is 1.00 e. The third-order valence-corrected chi connectivity index (χ3v) is 14.0. The summed E-state index contributed by atoms with van der Waals surface area (Å²) < 4.78 is 1.55. The van der Waals surface area contributed by atoms with Gasteiger partial charge in [-0.25, -0.2) is 0 Å². The molecule has 5 heteroatoms. The second-order valence-electron chi connectivity index (χ2n) is 12.0. The molecule has 0 amide bonds. The molecule has 3 aromatic carbocycles. The first-order valence-electron chi connectivity index (χ1n) is 14.0. The summed E-state index contributed by atoms with van der Waals surface area (Å²) in [6, 6.07) is 28.9. The molecule has 212 valence electrons. The summed E-state index contributed by atoms with van der Waals surface area (Å²) in [5, 5.41) is 6.19. The van der Waals surface area contributed by atoms with Crippen molar-refractivity contribution in [2.75, 3.05) is 0 Å². The molecule has 0 saturated heterocycles. The van der Waals surface area contributed by atoms with Gasteiger partial charge in [0.05, 0.1) is 0 Å². The van der Waals surface area contributed by atoms with E-state index in [9.17, 15) is 0 Å². The third kappa shape index (κ3) is 7.11. The fourth-order valence-corrected chi connectivity index (χ4v) is 12.6. The van der Waals surface area contributed by atoms with Crippen molar-refractivity contribution >= 4 is 23.6 Å². The molecule has 40 heavy (non-hydrogen) atoms. The fourth-order valence-electron chi connectivity index (χ4n) is 5.88. The Morgan fingerprint density at radius 3 is 1.20 bits per heavy atom. The summed E-state index contributed by atoms with van der Waals surface area (Å²) >= 11 is 2.40. The molecule has 0 heterocycles. The van der Waals surface area contributed by atoms with Gasteiger partial charge in [0.1, 0.15) is 0 Å². The van der Waals surface area contributed by atoms with Crippen molar-refractivity contribution in [3.05, 3.63) is 110 Å². The minimum atomic E-state index is -2.60. The average Bonchev–Trinajstić information content (AvgIpc) is 3.27. The van der Waals surface area contributed by atoms with Crippen molar-refractivity contribution < 1.29 is 57.7 Å². The van der Waals surface area contributed by atoms with Crippen molar-refractivity contribution in [1.82, 2.24) is 0 Å². The van der Waals surface area contributed by atoms with Crippen molar-refractivity contribution in [3.63, 3.8) is 0 Å². The van der Waals surface area contributed by atoms with Gasteiger partial charge in [-0.3, -0.25) is 0 Å². The van der Waals surface area contributed by atoms with Gasteiger partial charge in [0, 0.05) is 0 Å². The van der Waals surface area contributed by atoms with Crippen molar-refractivity contribution in [2.24, 2.45) is 5.92 Å². The number of rotatable bonds is 8. The van der Waals surface area contributed by atoms with E-state index in [1.807, 2.05) is 0 Å². The monoisotopic (exact) mass is 644 g/mol. The second kappa shape index (κ2) is 15.4.